The van der Waals surface area contributed by atoms with Gasteiger partial charge >= 0.3 is 0 Å². The van der Waals surface area contributed by atoms with Crippen LogP contribution in [0.4, 0.5) is 0 Å². The third-order valence-electron chi connectivity index (χ3n) is 2.34. The fraction of sp³-hybridized carbons (Fsp3) is 0.273. The number of hydrogen-bond acceptors (Lipinski definition) is 2. The molecule has 0 amide bonds. The molecule has 0 radical (unpaired) electrons. The molecule has 3 nitrogen and oxygen atoms in total. The highest BCUT2D eigenvalue weighted by Gasteiger charge is 2.01. The molecule has 0 atom stereocenters. The molecule has 0 bridgehead atoms. The monoisotopic (exact) mass is 219 g/mol. The molecule has 0 saturated carbocycles. The molecule has 15 heavy (non-hydrogen) atoms. The zero-order chi connectivity index (χ0) is 10.8. The number of H-pyrrole nitrogens is 1. The maximum Gasteiger partial charge on any atom is 0.177 e. The number of aryl methyl sites for hydroxylation is 2. The van der Waals surface area contributed by atoms with Gasteiger partial charge < -0.3 is 9.55 Å². The highest BCUT2D eigenvalue weighted by atomic mass is 32.1. The van der Waals surface area contributed by atoms with Crippen molar-refractivity contribution in [2.75, 3.05) is 0 Å². The molecule has 1 N–H and O–H groups in total. The Morgan fingerprint density at radius 3 is 2.80 bits per heavy atom. The summed E-state index contributed by atoms with van der Waals surface area (Å²) >= 11 is 5.18. The van der Waals surface area contributed by atoms with E-state index in [9.17, 15) is 0 Å². The Hall–Kier alpha value is -1.42. The van der Waals surface area contributed by atoms with E-state index < -0.39 is 0 Å². The van der Waals surface area contributed by atoms with E-state index in [1.54, 1.807) is 0 Å². The van der Waals surface area contributed by atoms with Gasteiger partial charge in [-0.15, -0.1) is 0 Å². The average Bonchev–Trinajstić information content (AvgIpc) is 2.50. The lowest BCUT2D eigenvalue weighted by atomic mass is 10.3. The summed E-state index contributed by atoms with van der Waals surface area (Å²) in [5, 5.41) is 0. The predicted octanol–water partition coefficient (Wildman–Crippen LogP) is 2.61. The summed E-state index contributed by atoms with van der Waals surface area (Å²) in [6, 6.07) is 6.03. The minimum atomic E-state index is 0.732. The van der Waals surface area contributed by atoms with Crippen molar-refractivity contribution in [2.45, 2.75) is 20.4 Å². The number of nitrogens with one attached hydrogen (secondary N) is 1. The second kappa shape index (κ2) is 3.98. The number of aromatic nitrogens is 3. The van der Waals surface area contributed by atoms with Crippen LogP contribution in [0.25, 0.3) is 0 Å². The van der Waals surface area contributed by atoms with E-state index in [4.69, 9.17) is 12.2 Å². The van der Waals surface area contributed by atoms with E-state index in [1.165, 1.54) is 0 Å². The lowest BCUT2D eigenvalue weighted by molar-refractivity contribution is 0.735. The Labute approximate surface area is 93.8 Å². The van der Waals surface area contributed by atoms with Crippen LogP contribution < -0.4 is 0 Å². The van der Waals surface area contributed by atoms with Gasteiger partial charge in [0, 0.05) is 17.6 Å². The molecule has 0 spiro atoms. The molecule has 0 aliphatic carbocycles. The largest absolute Gasteiger partial charge is 0.337 e. The van der Waals surface area contributed by atoms with Crippen molar-refractivity contribution in [1.29, 1.82) is 0 Å². The molecule has 0 aliphatic heterocycles. The van der Waals surface area contributed by atoms with Gasteiger partial charge in [-0.25, -0.2) is 0 Å². The number of pyridine rings is 1. The fourth-order valence-corrected chi connectivity index (χ4v) is 1.80. The molecule has 4 heteroatoms. The normalized spacial score (nSPS) is 10.5. The van der Waals surface area contributed by atoms with Crippen LogP contribution in [0.2, 0.25) is 0 Å². The van der Waals surface area contributed by atoms with Gasteiger partial charge in [-0.2, -0.15) is 0 Å². The molecule has 2 aromatic heterocycles. The van der Waals surface area contributed by atoms with Crippen molar-refractivity contribution < 1.29 is 0 Å². The predicted molar refractivity (Wildman–Crippen MR) is 62.4 cm³/mol. The van der Waals surface area contributed by atoms with Gasteiger partial charge in [0.1, 0.15) is 0 Å². The van der Waals surface area contributed by atoms with Crippen molar-refractivity contribution in [3.63, 3.8) is 0 Å². The van der Waals surface area contributed by atoms with Gasteiger partial charge in [0.2, 0.25) is 0 Å². The summed E-state index contributed by atoms with van der Waals surface area (Å²) in [5.74, 6) is 0. The van der Waals surface area contributed by atoms with E-state index in [0.29, 0.717) is 0 Å². The standard InChI is InChI=1S/C11H13N3S/c1-8-4-3-5-10(13-8)7-14-9(2)6-12-11(14)15/h3-6H,7H2,1-2H3,(H,12,15). The third-order valence-corrected chi connectivity index (χ3v) is 2.68. The highest BCUT2D eigenvalue weighted by Crippen LogP contribution is 2.05. The van der Waals surface area contributed by atoms with Gasteiger partial charge in [-0.05, 0) is 38.2 Å². The quantitative estimate of drug-likeness (QED) is 0.788. The van der Waals surface area contributed by atoms with Gasteiger partial charge in [-0.1, -0.05) is 6.07 Å². The highest BCUT2D eigenvalue weighted by molar-refractivity contribution is 7.71. The minimum Gasteiger partial charge on any atom is -0.337 e. The fourth-order valence-electron chi connectivity index (χ4n) is 1.53. The Kier molecular flexibility index (Phi) is 2.68. The SMILES string of the molecule is Cc1cccc(Cn2c(C)c[nH]c2=S)n1. The summed E-state index contributed by atoms with van der Waals surface area (Å²) < 4.78 is 2.78. The number of rotatable bonds is 2. The van der Waals surface area contributed by atoms with E-state index in [1.807, 2.05) is 42.8 Å². The van der Waals surface area contributed by atoms with Crippen LogP contribution in [0.5, 0.6) is 0 Å². The zero-order valence-corrected chi connectivity index (χ0v) is 9.64. The van der Waals surface area contributed by atoms with Gasteiger partial charge in [-0.3, -0.25) is 4.98 Å². The lowest BCUT2D eigenvalue weighted by Crippen LogP contribution is -2.04. The van der Waals surface area contributed by atoms with E-state index in [-0.39, 0.29) is 0 Å². The second-order valence-electron chi connectivity index (χ2n) is 3.59. The van der Waals surface area contributed by atoms with Crippen LogP contribution in [0.1, 0.15) is 17.1 Å². The van der Waals surface area contributed by atoms with Crippen LogP contribution in [0.15, 0.2) is 24.4 Å². The third kappa shape index (κ3) is 2.15. The molecule has 0 aromatic carbocycles. The van der Waals surface area contributed by atoms with Crippen LogP contribution >= 0.6 is 12.2 Å². The first kappa shape index (κ1) is 10.1. The zero-order valence-electron chi connectivity index (χ0n) is 8.82. The van der Waals surface area contributed by atoms with Crippen molar-refractivity contribution in [2.24, 2.45) is 0 Å². The molecular weight excluding hydrogens is 206 g/mol. The van der Waals surface area contributed by atoms with Crippen molar-refractivity contribution >= 4 is 12.2 Å². The molecule has 0 fully saturated rings. The first-order valence-electron chi connectivity index (χ1n) is 4.84. The van der Waals surface area contributed by atoms with Crippen LogP contribution in [0, 0.1) is 18.6 Å². The van der Waals surface area contributed by atoms with Crippen molar-refractivity contribution in [1.82, 2.24) is 14.5 Å². The Balaban J connectivity index is 2.33. The molecule has 2 rings (SSSR count). The summed E-state index contributed by atoms with van der Waals surface area (Å²) in [4.78, 5) is 7.47. The number of nitrogens with zero attached hydrogens (tertiary/aromatic N) is 2. The molecule has 2 heterocycles. The Morgan fingerprint density at radius 2 is 2.20 bits per heavy atom. The summed E-state index contributed by atoms with van der Waals surface area (Å²) in [6.45, 7) is 4.75. The summed E-state index contributed by atoms with van der Waals surface area (Å²) in [7, 11) is 0. The van der Waals surface area contributed by atoms with Crippen LogP contribution in [-0.2, 0) is 6.54 Å². The minimum absolute atomic E-state index is 0.732. The molecular formula is C11H13N3S. The maximum absolute atomic E-state index is 5.18. The van der Waals surface area contributed by atoms with E-state index in [2.05, 4.69) is 9.97 Å². The molecule has 2 aromatic rings. The average molecular weight is 219 g/mol. The molecule has 0 aliphatic rings. The number of aromatic amines is 1. The molecule has 0 unspecified atom stereocenters. The van der Waals surface area contributed by atoms with E-state index >= 15 is 0 Å². The molecule has 78 valence electrons. The van der Waals surface area contributed by atoms with Crippen LogP contribution in [-0.4, -0.2) is 14.5 Å². The summed E-state index contributed by atoms with van der Waals surface area (Å²) in [6.07, 6.45) is 1.91. The Bertz CT molecular complexity index is 525. The number of imidazole rings is 1. The van der Waals surface area contributed by atoms with E-state index in [0.717, 1.165) is 28.4 Å². The smallest absolute Gasteiger partial charge is 0.177 e. The van der Waals surface area contributed by atoms with Gasteiger partial charge in [0.05, 0.1) is 12.2 Å². The van der Waals surface area contributed by atoms with Gasteiger partial charge in [0.15, 0.2) is 4.77 Å². The topological polar surface area (TPSA) is 33.6 Å². The first-order valence-corrected chi connectivity index (χ1v) is 5.25. The van der Waals surface area contributed by atoms with Crippen molar-refractivity contribution in [3.05, 3.63) is 46.2 Å². The Morgan fingerprint density at radius 1 is 1.40 bits per heavy atom. The number of hydrogen-bond donors (Lipinski definition) is 1. The maximum atomic E-state index is 5.18. The molecule has 0 saturated heterocycles. The lowest BCUT2D eigenvalue weighted by Gasteiger charge is -2.05. The van der Waals surface area contributed by atoms with Crippen LogP contribution in [0.3, 0.4) is 0 Å². The summed E-state index contributed by atoms with van der Waals surface area (Å²) in [5.41, 5.74) is 3.20. The first-order chi connectivity index (χ1) is 7.16. The second-order valence-corrected chi connectivity index (χ2v) is 3.98. The van der Waals surface area contributed by atoms with Crippen molar-refractivity contribution in [3.8, 4) is 0 Å². The van der Waals surface area contributed by atoms with Gasteiger partial charge in [0.25, 0.3) is 0 Å².